The van der Waals surface area contributed by atoms with Gasteiger partial charge >= 0.3 is 5.97 Å². The smallest absolute Gasteiger partial charge is 0.311 e. The molecule has 5 nitrogen and oxygen atoms in total. The van der Waals surface area contributed by atoms with Gasteiger partial charge in [0.05, 0.1) is 16.4 Å². The van der Waals surface area contributed by atoms with Gasteiger partial charge in [0.25, 0.3) is 0 Å². The van der Waals surface area contributed by atoms with Gasteiger partial charge in [-0.2, -0.15) is 0 Å². The zero-order valence-corrected chi connectivity index (χ0v) is 17.3. The molecule has 0 spiro atoms. The Morgan fingerprint density at radius 3 is 2.19 bits per heavy atom. The summed E-state index contributed by atoms with van der Waals surface area (Å²) >= 11 is 0. The Labute approximate surface area is 161 Å². The van der Waals surface area contributed by atoms with Crippen molar-refractivity contribution in [2.24, 2.45) is 5.41 Å². The van der Waals surface area contributed by atoms with Crippen molar-refractivity contribution in [1.82, 2.24) is 4.72 Å². The zero-order chi connectivity index (χ0) is 20.2. The largest absolute Gasteiger partial charge is 0.463 e. The summed E-state index contributed by atoms with van der Waals surface area (Å²) in [5.41, 5.74) is 2.01. The summed E-state index contributed by atoms with van der Waals surface area (Å²) in [6.45, 7) is 8.99. The Bertz CT molecular complexity index is 897. The maximum absolute atomic E-state index is 12.8. The molecule has 0 saturated heterocycles. The lowest BCUT2D eigenvalue weighted by Gasteiger charge is -2.23. The van der Waals surface area contributed by atoms with Gasteiger partial charge in [-0.1, -0.05) is 42.0 Å². The van der Waals surface area contributed by atoms with Gasteiger partial charge in [-0.05, 0) is 57.9 Å². The minimum absolute atomic E-state index is 0.0773. The van der Waals surface area contributed by atoms with Gasteiger partial charge in [-0.3, -0.25) is 4.79 Å². The van der Waals surface area contributed by atoms with Crippen LogP contribution in [0.2, 0.25) is 0 Å². The second-order valence-electron chi connectivity index (χ2n) is 7.69. The molecular weight excluding hydrogens is 362 g/mol. The molecule has 0 radical (unpaired) electrons. The first-order valence-corrected chi connectivity index (χ1v) is 10.3. The maximum Gasteiger partial charge on any atom is 0.311 e. The third-order valence-corrected chi connectivity index (χ3v) is 5.67. The molecular formula is C21H27NO4S. The number of nitrogens with one attached hydrogen (secondary N) is 1. The lowest BCUT2D eigenvalue weighted by atomic mass is 9.97. The lowest BCUT2D eigenvalue weighted by molar-refractivity contribution is -0.153. The molecule has 6 heteroatoms. The number of rotatable bonds is 6. The van der Waals surface area contributed by atoms with Crippen LogP contribution in [0.1, 0.15) is 43.5 Å². The van der Waals surface area contributed by atoms with E-state index in [2.05, 4.69) is 4.72 Å². The Hall–Kier alpha value is -2.18. The van der Waals surface area contributed by atoms with Crippen molar-refractivity contribution < 1.29 is 17.9 Å². The number of hydrogen-bond acceptors (Lipinski definition) is 4. The van der Waals surface area contributed by atoms with Crippen LogP contribution in [0.25, 0.3) is 0 Å². The van der Waals surface area contributed by atoms with E-state index in [1.165, 1.54) is 0 Å². The minimum Gasteiger partial charge on any atom is -0.463 e. The number of sulfonamides is 1. The molecule has 0 bridgehead atoms. The van der Waals surface area contributed by atoms with Crippen LogP contribution in [0.5, 0.6) is 0 Å². The summed E-state index contributed by atoms with van der Waals surface area (Å²) in [7, 11) is -3.77. The number of carbonyl (C=O) groups excluding carboxylic acids is 1. The molecule has 0 aliphatic rings. The van der Waals surface area contributed by atoms with Gasteiger partial charge < -0.3 is 4.74 Å². The van der Waals surface area contributed by atoms with Crippen LogP contribution in [0.15, 0.2) is 53.4 Å². The molecule has 1 unspecified atom stereocenters. The Balaban J connectivity index is 2.31. The SMILES string of the molecule is Cc1ccc(S(=O)(=O)NC(COC(=O)C(C)(C)C)c2ccccc2C)cc1. The molecule has 0 heterocycles. The van der Waals surface area contributed by atoms with Crippen LogP contribution >= 0.6 is 0 Å². The van der Waals surface area contributed by atoms with E-state index in [0.717, 1.165) is 16.7 Å². The van der Waals surface area contributed by atoms with E-state index in [9.17, 15) is 13.2 Å². The lowest BCUT2D eigenvalue weighted by Crippen LogP contribution is -2.34. The van der Waals surface area contributed by atoms with Gasteiger partial charge in [0.2, 0.25) is 10.0 Å². The van der Waals surface area contributed by atoms with Crippen molar-refractivity contribution >= 4 is 16.0 Å². The van der Waals surface area contributed by atoms with Crippen molar-refractivity contribution in [3.8, 4) is 0 Å². The predicted molar refractivity (Wildman–Crippen MR) is 106 cm³/mol. The molecule has 2 rings (SSSR count). The van der Waals surface area contributed by atoms with Gasteiger partial charge in [-0.15, -0.1) is 0 Å². The first-order valence-electron chi connectivity index (χ1n) is 8.82. The van der Waals surface area contributed by atoms with Gasteiger partial charge in [-0.25, -0.2) is 13.1 Å². The van der Waals surface area contributed by atoms with E-state index in [0.29, 0.717) is 0 Å². The van der Waals surface area contributed by atoms with E-state index in [-0.39, 0.29) is 17.5 Å². The van der Waals surface area contributed by atoms with E-state index >= 15 is 0 Å². The van der Waals surface area contributed by atoms with E-state index in [1.54, 1.807) is 45.0 Å². The van der Waals surface area contributed by atoms with Crippen molar-refractivity contribution in [3.63, 3.8) is 0 Å². The molecule has 146 valence electrons. The predicted octanol–water partition coefficient (Wildman–Crippen LogP) is 3.91. The first kappa shape index (κ1) is 21.1. The highest BCUT2D eigenvalue weighted by atomic mass is 32.2. The van der Waals surface area contributed by atoms with Crippen molar-refractivity contribution in [2.75, 3.05) is 6.61 Å². The molecule has 27 heavy (non-hydrogen) atoms. The average molecular weight is 390 g/mol. The van der Waals surface area contributed by atoms with Crippen LogP contribution in [-0.2, 0) is 19.6 Å². The third-order valence-electron chi connectivity index (χ3n) is 4.19. The average Bonchev–Trinajstić information content (AvgIpc) is 2.58. The van der Waals surface area contributed by atoms with Crippen molar-refractivity contribution in [1.29, 1.82) is 0 Å². The number of aryl methyl sites for hydroxylation is 2. The maximum atomic E-state index is 12.8. The molecule has 0 aliphatic heterocycles. The topological polar surface area (TPSA) is 72.5 Å². The Morgan fingerprint density at radius 1 is 1.04 bits per heavy atom. The highest BCUT2D eigenvalue weighted by Gasteiger charge is 2.27. The summed E-state index contributed by atoms with van der Waals surface area (Å²) in [5.74, 6) is -0.379. The molecule has 0 aliphatic carbocycles. The van der Waals surface area contributed by atoms with Crippen LogP contribution in [0, 0.1) is 19.3 Å². The summed E-state index contributed by atoms with van der Waals surface area (Å²) in [6.07, 6.45) is 0. The number of benzene rings is 2. The number of esters is 1. The summed E-state index contributed by atoms with van der Waals surface area (Å²) in [6, 6.07) is 13.4. The molecule has 0 fully saturated rings. The fraction of sp³-hybridized carbons (Fsp3) is 0.381. The van der Waals surface area contributed by atoms with Gasteiger partial charge in [0, 0.05) is 0 Å². The number of carbonyl (C=O) groups is 1. The fourth-order valence-electron chi connectivity index (χ4n) is 2.51. The molecule has 2 aromatic rings. The normalized spacial score (nSPS) is 13.2. The Morgan fingerprint density at radius 2 is 1.63 bits per heavy atom. The summed E-state index contributed by atoms with van der Waals surface area (Å²) in [5, 5.41) is 0. The van der Waals surface area contributed by atoms with Crippen LogP contribution < -0.4 is 4.72 Å². The van der Waals surface area contributed by atoms with Crippen molar-refractivity contribution in [2.45, 2.75) is 45.6 Å². The Kier molecular flexibility index (Phi) is 6.44. The fourth-order valence-corrected chi connectivity index (χ4v) is 3.71. The van der Waals surface area contributed by atoms with Crippen LogP contribution in [-0.4, -0.2) is 21.0 Å². The summed E-state index contributed by atoms with van der Waals surface area (Å²) < 4.78 is 33.8. The first-order chi connectivity index (χ1) is 12.5. The molecule has 1 N–H and O–H groups in total. The van der Waals surface area contributed by atoms with E-state index < -0.39 is 21.5 Å². The van der Waals surface area contributed by atoms with Gasteiger partial charge in [0.1, 0.15) is 6.61 Å². The zero-order valence-electron chi connectivity index (χ0n) is 16.4. The molecule has 0 saturated carbocycles. The second kappa shape index (κ2) is 8.23. The standard InChI is InChI=1S/C21H27NO4S/c1-15-10-12-17(13-11-15)27(24,25)22-19(14-26-20(23)21(3,4)5)18-9-7-6-8-16(18)2/h6-13,19,22H,14H2,1-5H3. The highest BCUT2D eigenvalue weighted by Crippen LogP contribution is 2.23. The monoisotopic (exact) mass is 389 g/mol. The molecule has 1 atom stereocenters. The second-order valence-corrected chi connectivity index (χ2v) is 9.41. The molecule has 0 amide bonds. The molecule has 0 aromatic heterocycles. The third kappa shape index (κ3) is 5.65. The van der Waals surface area contributed by atoms with Crippen molar-refractivity contribution in [3.05, 3.63) is 65.2 Å². The van der Waals surface area contributed by atoms with Gasteiger partial charge in [0.15, 0.2) is 0 Å². The van der Waals surface area contributed by atoms with Crippen LogP contribution in [0.3, 0.4) is 0 Å². The summed E-state index contributed by atoms with van der Waals surface area (Å²) in [4.78, 5) is 12.3. The van der Waals surface area contributed by atoms with E-state index in [4.69, 9.17) is 4.74 Å². The van der Waals surface area contributed by atoms with Crippen LogP contribution in [0.4, 0.5) is 0 Å². The molecule has 2 aromatic carbocycles. The minimum atomic E-state index is -3.77. The number of ether oxygens (including phenoxy) is 1. The number of hydrogen-bond donors (Lipinski definition) is 1. The quantitative estimate of drug-likeness (QED) is 0.760. The van der Waals surface area contributed by atoms with E-state index in [1.807, 2.05) is 38.1 Å². The highest BCUT2D eigenvalue weighted by molar-refractivity contribution is 7.89.